The van der Waals surface area contributed by atoms with Crippen LogP contribution in [0.1, 0.15) is 5.69 Å². The number of anilines is 1. The zero-order valence-electron chi connectivity index (χ0n) is 5.36. The van der Waals surface area contributed by atoms with Crippen molar-refractivity contribution >= 4 is 5.69 Å². The summed E-state index contributed by atoms with van der Waals surface area (Å²) < 4.78 is 24.8. The molecule has 0 aliphatic heterocycles. The Hall–Kier alpha value is -1.19. The lowest BCUT2D eigenvalue weighted by atomic mass is 10.3. The lowest BCUT2D eigenvalue weighted by Crippen LogP contribution is -1.98. The van der Waals surface area contributed by atoms with E-state index >= 15 is 0 Å². The highest BCUT2D eigenvalue weighted by molar-refractivity contribution is 5.36. The van der Waals surface area contributed by atoms with Gasteiger partial charge in [0.05, 0.1) is 11.4 Å². The summed E-state index contributed by atoms with van der Waals surface area (Å²) in [7, 11) is 0. The Morgan fingerprint density at radius 1 is 1.50 bits per heavy atom. The highest BCUT2D eigenvalue weighted by atomic mass is 19.1. The molecular formula is C6H6F2N2. The largest absolute Gasteiger partial charge is 0.395 e. The molecule has 0 fully saturated rings. The molecule has 1 aromatic heterocycles. The van der Waals surface area contributed by atoms with Gasteiger partial charge >= 0.3 is 0 Å². The third-order valence-corrected chi connectivity index (χ3v) is 1.13. The Labute approximate surface area is 56.7 Å². The van der Waals surface area contributed by atoms with E-state index in [1.165, 1.54) is 6.92 Å². The summed E-state index contributed by atoms with van der Waals surface area (Å²) in [6.45, 7) is 1.37. The number of nitrogens with two attached hydrogens (primary N) is 1. The fourth-order valence-electron chi connectivity index (χ4n) is 0.566. The van der Waals surface area contributed by atoms with Crippen LogP contribution in [0.2, 0.25) is 0 Å². The highest BCUT2D eigenvalue weighted by Crippen LogP contribution is 2.10. The molecule has 1 aromatic rings. The van der Waals surface area contributed by atoms with Gasteiger partial charge in [-0.1, -0.05) is 0 Å². The van der Waals surface area contributed by atoms with Crippen molar-refractivity contribution < 1.29 is 8.78 Å². The van der Waals surface area contributed by atoms with Gasteiger partial charge in [0.15, 0.2) is 0 Å². The van der Waals surface area contributed by atoms with Gasteiger partial charge in [0.2, 0.25) is 5.95 Å². The number of hydrogen-bond donors (Lipinski definition) is 1. The van der Waals surface area contributed by atoms with Crippen molar-refractivity contribution in [3.05, 3.63) is 23.5 Å². The molecule has 0 saturated heterocycles. The zero-order valence-corrected chi connectivity index (χ0v) is 5.36. The normalized spacial score (nSPS) is 9.90. The minimum atomic E-state index is -0.820. The monoisotopic (exact) mass is 144 g/mol. The van der Waals surface area contributed by atoms with Gasteiger partial charge in [-0.15, -0.1) is 0 Å². The molecule has 10 heavy (non-hydrogen) atoms. The van der Waals surface area contributed by atoms with Crippen LogP contribution >= 0.6 is 0 Å². The zero-order chi connectivity index (χ0) is 7.72. The minimum absolute atomic E-state index is 0.0201. The summed E-state index contributed by atoms with van der Waals surface area (Å²) in [5.41, 5.74) is 4.77. The predicted molar refractivity (Wildman–Crippen MR) is 33.3 cm³/mol. The van der Waals surface area contributed by atoms with Gasteiger partial charge in [-0.05, 0) is 6.92 Å². The molecule has 0 aromatic carbocycles. The van der Waals surface area contributed by atoms with Crippen LogP contribution in [0.3, 0.4) is 0 Å². The van der Waals surface area contributed by atoms with Gasteiger partial charge in [-0.3, -0.25) is 0 Å². The van der Waals surface area contributed by atoms with E-state index in [-0.39, 0.29) is 11.4 Å². The standard InChI is InChI=1S/C6H6F2N2/c1-3-4(7)2-5(9)6(8)10-3/h2H,9H2,1H3. The van der Waals surface area contributed by atoms with Crippen molar-refractivity contribution in [2.24, 2.45) is 0 Å². The SMILES string of the molecule is Cc1nc(F)c(N)cc1F. The summed E-state index contributed by atoms with van der Waals surface area (Å²) in [5, 5.41) is 0. The third-order valence-electron chi connectivity index (χ3n) is 1.13. The molecule has 54 valence electrons. The summed E-state index contributed by atoms with van der Waals surface area (Å²) >= 11 is 0. The van der Waals surface area contributed by atoms with Crippen molar-refractivity contribution in [2.75, 3.05) is 5.73 Å². The number of halogens is 2. The van der Waals surface area contributed by atoms with Crippen LogP contribution in [-0.4, -0.2) is 4.98 Å². The van der Waals surface area contributed by atoms with Crippen LogP contribution in [0.5, 0.6) is 0 Å². The van der Waals surface area contributed by atoms with Crippen LogP contribution in [0.25, 0.3) is 0 Å². The molecule has 0 spiro atoms. The third kappa shape index (κ3) is 1.05. The quantitative estimate of drug-likeness (QED) is 0.556. The van der Waals surface area contributed by atoms with Crippen molar-refractivity contribution in [3.63, 3.8) is 0 Å². The molecule has 4 heteroatoms. The van der Waals surface area contributed by atoms with Crippen molar-refractivity contribution in [2.45, 2.75) is 6.92 Å². The maximum Gasteiger partial charge on any atom is 0.236 e. The Bertz CT molecular complexity index is 210. The molecule has 1 heterocycles. The van der Waals surface area contributed by atoms with Gasteiger partial charge in [-0.2, -0.15) is 4.39 Å². The molecule has 1 rings (SSSR count). The molecule has 0 atom stereocenters. The molecular weight excluding hydrogens is 138 g/mol. The van der Waals surface area contributed by atoms with Crippen molar-refractivity contribution in [3.8, 4) is 0 Å². The Morgan fingerprint density at radius 2 is 2.10 bits per heavy atom. The molecule has 2 nitrogen and oxygen atoms in total. The average Bonchev–Trinajstić information content (AvgIpc) is 1.84. The highest BCUT2D eigenvalue weighted by Gasteiger charge is 2.04. The van der Waals surface area contributed by atoms with Crippen LogP contribution < -0.4 is 5.73 Å². The first kappa shape index (κ1) is 6.92. The second-order valence-electron chi connectivity index (χ2n) is 1.94. The number of aromatic nitrogens is 1. The van der Waals surface area contributed by atoms with Crippen molar-refractivity contribution in [1.29, 1.82) is 0 Å². The van der Waals surface area contributed by atoms with E-state index in [2.05, 4.69) is 4.98 Å². The lowest BCUT2D eigenvalue weighted by molar-refractivity contribution is 0.555. The first-order valence-electron chi connectivity index (χ1n) is 2.69. The Balaban J connectivity index is 3.28. The fourth-order valence-corrected chi connectivity index (χ4v) is 0.566. The smallest absolute Gasteiger partial charge is 0.236 e. The van der Waals surface area contributed by atoms with Gasteiger partial charge in [0.25, 0.3) is 0 Å². The molecule has 0 aliphatic rings. The predicted octanol–water partition coefficient (Wildman–Crippen LogP) is 1.25. The van der Waals surface area contributed by atoms with Crippen LogP contribution in [0.15, 0.2) is 6.07 Å². The molecule has 0 bridgehead atoms. The first-order chi connectivity index (χ1) is 4.61. The number of hydrogen-bond acceptors (Lipinski definition) is 2. The van der Waals surface area contributed by atoms with Gasteiger partial charge < -0.3 is 5.73 Å². The van der Waals surface area contributed by atoms with Crippen LogP contribution in [0.4, 0.5) is 14.5 Å². The van der Waals surface area contributed by atoms with E-state index in [9.17, 15) is 8.78 Å². The first-order valence-corrected chi connectivity index (χ1v) is 2.69. The van der Waals surface area contributed by atoms with Crippen molar-refractivity contribution in [1.82, 2.24) is 4.98 Å². The molecule has 0 aliphatic carbocycles. The summed E-state index contributed by atoms with van der Waals surface area (Å²) in [6.07, 6.45) is 0. The minimum Gasteiger partial charge on any atom is -0.395 e. The van der Waals surface area contributed by atoms with E-state index in [1.807, 2.05) is 0 Å². The number of nitrogen functional groups attached to an aromatic ring is 1. The van der Waals surface area contributed by atoms with E-state index < -0.39 is 11.8 Å². The maximum atomic E-state index is 12.5. The number of pyridine rings is 1. The van der Waals surface area contributed by atoms with E-state index in [0.717, 1.165) is 6.07 Å². The summed E-state index contributed by atoms with van der Waals surface area (Å²) in [4.78, 5) is 3.21. The lowest BCUT2D eigenvalue weighted by Gasteiger charge is -1.97. The summed E-state index contributed by atoms with van der Waals surface area (Å²) in [5.74, 6) is -1.40. The molecule has 0 unspecified atom stereocenters. The molecule has 0 amide bonds. The van der Waals surface area contributed by atoms with E-state index in [0.29, 0.717) is 0 Å². The van der Waals surface area contributed by atoms with E-state index in [4.69, 9.17) is 5.73 Å². The fraction of sp³-hybridized carbons (Fsp3) is 0.167. The summed E-state index contributed by atoms with van der Waals surface area (Å²) in [6, 6.07) is 0.914. The van der Waals surface area contributed by atoms with Gasteiger partial charge in [0, 0.05) is 6.07 Å². The molecule has 2 N–H and O–H groups in total. The van der Waals surface area contributed by atoms with Crippen LogP contribution in [-0.2, 0) is 0 Å². The van der Waals surface area contributed by atoms with Gasteiger partial charge in [-0.25, -0.2) is 9.37 Å². The topological polar surface area (TPSA) is 38.9 Å². The van der Waals surface area contributed by atoms with E-state index in [1.54, 1.807) is 0 Å². The number of nitrogens with zero attached hydrogens (tertiary/aromatic N) is 1. The maximum absolute atomic E-state index is 12.5. The molecule has 0 saturated carbocycles. The van der Waals surface area contributed by atoms with Crippen LogP contribution in [0, 0.1) is 18.7 Å². The molecule has 0 radical (unpaired) electrons. The second kappa shape index (κ2) is 2.21. The van der Waals surface area contributed by atoms with Gasteiger partial charge in [0.1, 0.15) is 5.82 Å². The Morgan fingerprint density at radius 3 is 2.60 bits per heavy atom. The second-order valence-corrected chi connectivity index (χ2v) is 1.94. The Kier molecular flexibility index (Phi) is 1.53. The average molecular weight is 144 g/mol. The number of aryl methyl sites for hydroxylation is 1. The number of rotatable bonds is 0.